The Balaban J connectivity index is 2.00. The van der Waals surface area contributed by atoms with E-state index in [4.69, 9.17) is 5.84 Å². The molecule has 0 aliphatic rings. The predicted molar refractivity (Wildman–Crippen MR) is 77.5 cm³/mol. The summed E-state index contributed by atoms with van der Waals surface area (Å²) < 4.78 is 1.48. The lowest BCUT2D eigenvalue weighted by Gasteiger charge is -2.09. The predicted octanol–water partition coefficient (Wildman–Crippen LogP) is 1.67. The van der Waals surface area contributed by atoms with Crippen molar-refractivity contribution in [2.24, 2.45) is 5.84 Å². The fourth-order valence-electron chi connectivity index (χ4n) is 2.11. The van der Waals surface area contributed by atoms with Crippen molar-refractivity contribution in [3.63, 3.8) is 0 Å². The van der Waals surface area contributed by atoms with Crippen LogP contribution in [0.5, 0.6) is 0 Å². The first-order valence-electron chi connectivity index (χ1n) is 6.19. The number of fused-ring (bicyclic) bond motifs is 1. The average molecular weight is 284 g/mol. The summed E-state index contributed by atoms with van der Waals surface area (Å²) in [4.78, 5) is 14.6. The van der Waals surface area contributed by atoms with Gasteiger partial charge in [-0.2, -0.15) is 5.10 Å². The average Bonchev–Trinajstić information content (AvgIpc) is 2.95. The van der Waals surface area contributed by atoms with Crippen LogP contribution in [0.4, 0.5) is 11.5 Å². The van der Waals surface area contributed by atoms with Crippen LogP contribution in [-0.4, -0.2) is 19.7 Å². The number of nitrogens with zero attached hydrogens (tertiary/aromatic N) is 4. The molecule has 8 heteroatoms. The molecule has 2 heterocycles. The van der Waals surface area contributed by atoms with E-state index in [9.17, 15) is 10.1 Å². The Bertz CT molecular complexity index is 813. The van der Waals surface area contributed by atoms with Crippen LogP contribution in [0.1, 0.15) is 5.56 Å². The van der Waals surface area contributed by atoms with E-state index < -0.39 is 4.92 Å². The Morgan fingerprint density at radius 2 is 2.19 bits per heavy atom. The Morgan fingerprint density at radius 1 is 1.38 bits per heavy atom. The number of nitrogens with two attached hydrogens (primary N) is 1. The van der Waals surface area contributed by atoms with E-state index in [-0.39, 0.29) is 5.69 Å². The largest absolute Gasteiger partial charge is 0.308 e. The third kappa shape index (κ3) is 2.51. The van der Waals surface area contributed by atoms with E-state index in [0.717, 1.165) is 16.5 Å². The molecule has 0 aliphatic carbocycles. The van der Waals surface area contributed by atoms with Gasteiger partial charge in [0.15, 0.2) is 0 Å². The summed E-state index contributed by atoms with van der Waals surface area (Å²) in [5.41, 5.74) is 4.12. The molecule has 0 atom stereocenters. The van der Waals surface area contributed by atoms with Gasteiger partial charge < -0.3 is 5.43 Å². The third-order valence-corrected chi connectivity index (χ3v) is 3.10. The van der Waals surface area contributed by atoms with E-state index in [1.54, 1.807) is 0 Å². The molecule has 3 rings (SSSR count). The van der Waals surface area contributed by atoms with Crippen LogP contribution in [0, 0.1) is 10.1 Å². The number of anilines is 1. The standard InChI is InChI=1S/C13H12N6O2/c14-17-13-10(5-9-3-1-2-4-12(9)16-13)7-18-8-11(6-15-18)19(20)21/h1-6,8H,7,14H2,(H,16,17). The van der Waals surface area contributed by atoms with Crippen LogP contribution in [0.15, 0.2) is 42.7 Å². The molecular formula is C13H12N6O2. The second-order valence-electron chi connectivity index (χ2n) is 4.49. The number of nitrogen functional groups attached to an aromatic ring is 1. The van der Waals surface area contributed by atoms with E-state index in [1.165, 1.54) is 17.1 Å². The Kier molecular flexibility index (Phi) is 3.20. The number of hydrazine groups is 1. The molecule has 0 aliphatic heterocycles. The molecule has 0 saturated heterocycles. The number of aromatic nitrogens is 3. The van der Waals surface area contributed by atoms with Crippen molar-refractivity contribution >= 4 is 22.4 Å². The number of rotatable bonds is 4. The van der Waals surface area contributed by atoms with Crippen molar-refractivity contribution in [3.05, 3.63) is 58.4 Å². The van der Waals surface area contributed by atoms with Gasteiger partial charge in [-0.25, -0.2) is 10.8 Å². The fraction of sp³-hybridized carbons (Fsp3) is 0.0769. The Labute approximate surface area is 119 Å². The molecule has 0 fully saturated rings. The van der Waals surface area contributed by atoms with Crippen molar-refractivity contribution in [2.45, 2.75) is 6.54 Å². The molecule has 0 radical (unpaired) electrons. The highest BCUT2D eigenvalue weighted by molar-refractivity contribution is 5.81. The van der Waals surface area contributed by atoms with Crippen LogP contribution in [0.2, 0.25) is 0 Å². The van der Waals surface area contributed by atoms with Gasteiger partial charge >= 0.3 is 5.69 Å². The van der Waals surface area contributed by atoms with Gasteiger partial charge in [-0.05, 0) is 12.1 Å². The van der Waals surface area contributed by atoms with Gasteiger partial charge in [0.05, 0.1) is 17.0 Å². The zero-order valence-corrected chi connectivity index (χ0v) is 10.9. The van der Waals surface area contributed by atoms with Gasteiger partial charge in [0.1, 0.15) is 18.2 Å². The van der Waals surface area contributed by atoms with Gasteiger partial charge in [-0.15, -0.1) is 0 Å². The van der Waals surface area contributed by atoms with Gasteiger partial charge in [0, 0.05) is 10.9 Å². The summed E-state index contributed by atoms with van der Waals surface area (Å²) in [6, 6.07) is 9.58. The maximum atomic E-state index is 10.7. The lowest BCUT2D eigenvalue weighted by Crippen LogP contribution is -2.13. The maximum absolute atomic E-state index is 10.7. The molecule has 2 aromatic heterocycles. The number of hydrogen-bond donors (Lipinski definition) is 2. The van der Waals surface area contributed by atoms with Gasteiger partial charge in [0.25, 0.3) is 0 Å². The summed E-state index contributed by atoms with van der Waals surface area (Å²) in [7, 11) is 0. The number of benzene rings is 1. The van der Waals surface area contributed by atoms with E-state index in [1.807, 2.05) is 30.3 Å². The highest BCUT2D eigenvalue weighted by Gasteiger charge is 2.11. The molecule has 0 amide bonds. The number of hydrogen-bond acceptors (Lipinski definition) is 6. The molecule has 8 nitrogen and oxygen atoms in total. The van der Waals surface area contributed by atoms with E-state index >= 15 is 0 Å². The highest BCUT2D eigenvalue weighted by atomic mass is 16.6. The van der Waals surface area contributed by atoms with Crippen LogP contribution in [0.25, 0.3) is 10.9 Å². The minimum Gasteiger partial charge on any atom is -0.308 e. The van der Waals surface area contributed by atoms with Crippen molar-refractivity contribution in [2.75, 3.05) is 5.43 Å². The normalized spacial score (nSPS) is 10.7. The first-order valence-corrected chi connectivity index (χ1v) is 6.19. The van der Waals surface area contributed by atoms with Crippen molar-refractivity contribution in [3.8, 4) is 0 Å². The molecule has 3 N–H and O–H groups in total. The summed E-state index contributed by atoms with van der Waals surface area (Å²) in [6.07, 6.45) is 2.58. The van der Waals surface area contributed by atoms with Crippen molar-refractivity contribution in [1.29, 1.82) is 0 Å². The number of pyridine rings is 1. The molecule has 21 heavy (non-hydrogen) atoms. The summed E-state index contributed by atoms with van der Waals surface area (Å²) in [6.45, 7) is 0.338. The molecule has 0 unspecified atom stereocenters. The van der Waals surface area contributed by atoms with E-state index in [2.05, 4.69) is 15.5 Å². The lowest BCUT2D eigenvalue weighted by molar-refractivity contribution is -0.385. The fourth-order valence-corrected chi connectivity index (χ4v) is 2.11. The van der Waals surface area contributed by atoms with Crippen molar-refractivity contribution < 1.29 is 4.92 Å². The second kappa shape index (κ2) is 5.17. The first-order chi connectivity index (χ1) is 10.2. The molecule has 0 saturated carbocycles. The van der Waals surface area contributed by atoms with Crippen LogP contribution in [0.3, 0.4) is 0 Å². The zero-order valence-electron chi connectivity index (χ0n) is 10.9. The summed E-state index contributed by atoms with van der Waals surface area (Å²) >= 11 is 0. The minimum absolute atomic E-state index is 0.0500. The van der Waals surface area contributed by atoms with Gasteiger partial charge in [-0.3, -0.25) is 14.8 Å². The smallest absolute Gasteiger partial charge is 0.307 e. The summed E-state index contributed by atoms with van der Waals surface area (Å²) in [5.74, 6) is 6.02. The first kappa shape index (κ1) is 13.0. The van der Waals surface area contributed by atoms with Crippen LogP contribution >= 0.6 is 0 Å². The zero-order chi connectivity index (χ0) is 14.8. The van der Waals surface area contributed by atoms with Gasteiger partial charge in [-0.1, -0.05) is 18.2 Å². The minimum atomic E-state index is -0.482. The maximum Gasteiger partial charge on any atom is 0.307 e. The Morgan fingerprint density at radius 3 is 2.90 bits per heavy atom. The monoisotopic (exact) mass is 284 g/mol. The quantitative estimate of drug-likeness (QED) is 0.428. The SMILES string of the molecule is NNc1nc2ccccc2cc1Cn1cc([N+](=O)[O-])cn1. The van der Waals surface area contributed by atoms with Crippen LogP contribution < -0.4 is 11.3 Å². The third-order valence-electron chi connectivity index (χ3n) is 3.10. The second-order valence-corrected chi connectivity index (χ2v) is 4.49. The number of nitro groups is 1. The Hall–Kier alpha value is -3.00. The molecule has 1 aromatic carbocycles. The molecule has 0 bridgehead atoms. The molecule has 0 spiro atoms. The topological polar surface area (TPSA) is 112 Å². The van der Waals surface area contributed by atoms with Crippen molar-refractivity contribution in [1.82, 2.24) is 14.8 Å². The van der Waals surface area contributed by atoms with Gasteiger partial charge in [0.2, 0.25) is 0 Å². The summed E-state index contributed by atoms with van der Waals surface area (Å²) in [5, 5.41) is 15.6. The lowest BCUT2D eigenvalue weighted by atomic mass is 10.1. The molecular weight excluding hydrogens is 272 g/mol. The molecule has 3 aromatic rings. The number of nitrogens with one attached hydrogen (secondary N) is 1. The molecule has 106 valence electrons. The highest BCUT2D eigenvalue weighted by Crippen LogP contribution is 2.21. The number of para-hydroxylation sites is 1. The van der Waals surface area contributed by atoms with Crippen LogP contribution in [-0.2, 0) is 6.54 Å². The van der Waals surface area contributed by atoms with E-state index in [0.29, 0.717) is 12.4 Å².